The number of hydrogen-bond acceptors (Lipinski definition) is 3. The Hall–Kier alpha value is -2.33. The fraction of sp³-hybridized carbons (Fsp3) is 0.278. The van der Waals surface area contributed by atoms with E-state index in [4.69, 9.17) is 9.84 Å². The summed E-state index contributed by atoms with van der Waals surface area (Å²) in [5, 5.41) is 11.3. The molecule has 0 fully saturated rings. The molecule has 0 heterocycles. The minimum absolute atomic E-state index is 0.0666. The van der Waals surface area contributed by atoms with Crippen LogP contribution in [0.25, 0.3) is 0 Å². The van der Waals surface area contributed by atoms with E-state index in [0.29, 0.717) is 12.2 Å². The Kier molecular flexibility index (Phi) is 5.55. The molecule has 0 bridgehead atoms. The number of nitrogens with one attached hydrogen (secondary N) is 1. The van der Waals surface area contributed by atoms with Crippen molar-refractivity contribution in [1.29, 1.82) is 0 Å². The second kappa shape index (κ2) is 7.61. The number of aliphatic hydroxyl groups excluding tert-OH is 1. The normalized spacial score (nSPS) is 10.3. The largest absolute Gasteiger partial charge is 0.489 e. The van der Waals surface area contributed by atoms with Crippen molar-refractivity contribution in [2.45, 2.75) is 20.5 Å². The van der Waals surface area contributed by atoms with Gasteiger partial charge in [0, 0.05) is 12.1 Å². The zero-order chi connectivity index (χ0) is 15.9. The van der Waals surface area contributed by atoms with E-state index in [1.807, 2.05) is 0 Å². The average molecular weight is 299 g/mol. The summed E-state index contributed by atoms with van der Waals surface area (Å²) in [6.45, 7) is 4.82. The van der Waals surface area contributed by atoms with Crippen molar-refractivity contribution in [3.05, 3.63) is 64.7 Å². The van der Waals surface area contributed by atoms with Gasteiger partial charge in [-0.2, -0.15) is 0 Å². The summed E-state index contributed by atoms with van der Waals surface area (Å²) >= 11 is 0. The van der Waals surface area contributed by atoms with Crippen molar-refractivity contribution >= 4 is 5.91 Å². The van der Waals surface area contributed by atoms with E-state index in [-0.39, 0.29) is 19.1 Å². The lowest BCUT2D eigenvalue weighted by Gasteiger charge is -2.09. The van der Waals surface area contributed by atoms with Gasteiger partial charge in [0.15, 0.2) is 0 Å². The second-order valence-electron chi connectivity index (χ2n) is 5.29. The first-order valence-corrected chi connectivity index (χ1v) is 7.27. The van der Waals surface area contributed by atoms with Crippen molar-refractivity contribution < 1.29 is 14.6 Å². The Morgan fingerprint density at radius 1 is 1.09 bits per heavy atom. The fourth-order valence-electron chi connectivity index (χ4n) is 2.29. The Morgan fingerprint density at radius 3 is 2.32 bits per heavy atom. The van der Waals surface area contributed by atoms with Crippen molar-refractivity contribution in [2.24, 2.45) is 0 Å². The number of aliphatic hydroxyl groups is 1. The van der Waals surface area contributed by atoms with E-state index in [0.717, 1.165) is 11.3 Å². The minimum atomic E-state index is -0.199. The minimum Gasteiger partial charge on any atom is -0.489 e. The van der Waals surface area contributed by atoms with Crippen LogP contribution in [0.15, 0.2) is 42.5 Å². The van der Waals surface area contributed by atoms with Crippen LogP contribution in [0.1, 0.15) is 27.0 Å². The molecule has 0 atom stereocenters. The molecule has 4 nitrogen and oxygen atoms in total. The fourth-order valence-corrected chi connectivity index (χ4v) is 2.29. The van der Waals surface area contributed by atoms with Gasteiger partial charge >= 0.3 is 0 Å². The van der Waals surface area contributed by atoms with Gasteiger partial charge in [-0.25, -0.2) is 0 Å². The lowest BCUT2D eigenvalue weighted by molar-refractivity contribution is 0.0944. The van der Waals surface area contributed by atoms with E-state index in [1.165, 1.54) is 11.1 Å². The lowest BCUT2D eigenvalue weighted by Crippen LogP contribution is -2.26. The zero-order valence-electron chi connectivity index (χ0n) is 12.9. The topological polar surface area (TPSA) is 58.6 Å². The Bertz CT molecular complexity index is 615. The maximum absolute atomic E-state index is 11.7. The summed E-state index contributed by atoms with van der Waals surface area (Å²) in [5.74, 6) is 0.521. The van der Waals surface area contributed by atoms with Crippen LogP contribution in [0, 0.1) is 13.8 Å². The molecular formula is C18H21NO3. The Morgan fingerprint density at radius 2 is 1.73 bits per heavy atom. The van der Waals surface area contributed by atoms with Crippen LogP contribution in [0.2, 0.25) is 0 Å². The molecule has 0 aliphatic carbocycles. The molecule has 0 spiro atoms. The number of carbonyl (C=O) groups excluding carboxylic acids is 1. The van der Waals surface area contributed by atoms with Crippen LogP contribution in [0.3, 0.4) is 0 Å². The molecule has 0 saturated carbocycles. The van der Waals surface area contributed by atoms with E-state index in [9.17, 15) is 4.79 Å². The van der Waals surface area contributed by atoms with Crippen molar-refractivity contribution in [3.8, 4) is 5.75 Å². The van der Waals surface area contributed by atoms with E-state index < -0.39 is 0 Å². The second-order valence-corrected chi connectivity index (χ2v) is 5.29. The van der Waals surface area contributed by atoms with Crippen LogP contribution < -0.4 is 10.1 Å². The van der Waals surface area contributed by atoms with Crippen LogP contribution in [0.5, 0.6) is 5.75 Å². The molecule has 116 valence electrons. The van der Waals surface area contributed by atoms with Crippen molar-refractivity contribution in [1.82, 2.24) is 5.32 Å². The summed E-state index contributed by atoms with van der Waals surface area (Å²) in [7, 11) is 0. The number of benzene rings is 2. The van der Waals surface area contributed by atoms with E-state index in [2.05, 4.69) is 37.4 Å². The summed E-state index contributed by atoms with van der Waals surface area (Å²) in [6.07, 6.45) is 0. The van der Waals surface area contributed by atoms with Gasteiger partial charge in [-0.05, 0) is 43.7 Å². The SMILES string of the molecule is Cc1cc(C)cc(COc2ccc(C(=O)NCCO)cc2)c1. The molecule has 2 rings (SSSR count). The molecule has 0 aromatic heterocycles. The molecule has 1 amide bonds. The molecule has 0 radical (unpaired) electrons. The first kappa shape index (κ1) is 16.0. The summed E-state index contributed by atoms with van der Waals surface area (Å²) in [4.78, 5) is 11.7. The molecule has 0 aliphatic rings. The van der Waals surface area contributed by atoms with Gasteiger partial charge in [-0.15, -0.1) is 0 Å². The number of carbonyl (C=O) groups is 1. The molecule has 4 heteroatoms. The van der Waals surface area contributed by atoms with Gasteiger partial charge in [-0.1, -0.05) is 29.3 Å². The predicted octanol–water partition coefficient (Wildman–Crippen LogP) is 2.60. The first-order valence-electron chi connectivity index (χ1n) is 7.27. The number of amides is 1. The van der Waals surface area contributed by atoms with Gasteiger partial charge < -0.3 is 15.2 Å². The molecule has 0 saturated heterocycles. The summed E-state index contributed by atoms with van der Waals surface area (Å²) < 4.78 is 5.75. The highest BCUT2D eigenvalue weighted by Gasteiger charge is 2.05. The van der Waals surface area contributed by atoms with Gasteiger partial charge in [-0.3, -0.25) is 4.79 Å². The monoisotopic (exact) mass is 299 g/mol. The zero-order valence-corrected chi connectivity index (χ0v) is 12.9. The Labute approximate surface area is 130 Å². The van der Waals surface area contributed by atoms with Crippen LogP contribution >= 0.6 is 0 Å². The third kappa shape index (κ3) is 4.60. The number of hydrogen-bond donors (Lipinski definition) is 2. The standard InChI is InChI=1S/C18H21NO3/c1-13-9-14(2)11-15(10-13)12-22-17-5-3-16(4-6-17)18(21)19-7-8-20/h3-6,9-11,20H,7-8,12H2,1-2H3,(H,19,21). The van der Waals surface area contributed by atoms with Crippen LogP contribution in [-0.2, 0) is 6.61 Å². The molecule has 2 aromatic carbocycles. The van der Waals surface area contributed by atoms with Gasteiger partial charge in [0.1, 0.15) is 12.4 Å². The van der Waals surface area contributed by atoms with E-state index in [1.54, 1.807) is 24.3 Å². The highest BCUT2D eigenvalue weighted by atomic mass is 16.5. The molecule has 2 N–H and O–H groups in total. The third-order valence-electron chi connectivity index (χ3n) is 3.20. The predicted molar refractivity (Wildman–Crippen MR) is 86.1 cm³/mol. The number of ether oxygens (including phenoxy) is 1. The van der Waals surface area contributed by atoms with Gasteiger partial charge in [0.05, 0.1) is 6.61 Å². The third-order valence-corrected chi connectivity index (χ3v) is 3.20. The molecule has 2 aromatic rings. The van der Waals surface area contributed by atoms with Crippen molar-refractivity contribution in [3.63, 3.8) is 0 Å². The molecule has 0 unspecified atom stereocenters. The summed E-state index contributed by atoms with van der Waals surface area (Å²) in [5.41, 5.74) is 4.11. The molecule has 0 aliphatic heterocycles. The number of rotatable bonds is 6. The quantitative estimate of drug-likeness (QED) is 0.862. The van der Waals surface area contributed by atoms with Gasteiger partial charge in [0.25, 0.3) is 5.91 Å². The molecule has 22 heavy (non-hydrogen) atoms. The maximum atomic E-state index is 11.7. The van der Waals surface area contributed by atoms with E-state index >= 15 is 0 Å². The highest BCUT2D eigenvalue weighted by molar-refractivity contribution is 5.94. The maximum Gasteiger partial charge on any atom is 0.251 e. The lowest BCUT2D eigenvalue weighted by atomic mass is 10.1. The summed E-state index contributed by atoms with van der Waals surface area (Å²) in [6, 6.07) is 13.3. The highest BCUT2D eigenvalue weighted by Crippen LogP contribution is 2.16. The number of aryl methyl sites for hydroxylation is 2. The van der Waals surface area contributed by atoms with Gasteiger partial charge in [0.2, 0.25) is 0 Å². The van der Waals surface area contributed by atoms with Crippen LogP contribution in [0.4, 0.5) is 0 Å². The van der Waals surface area contributed by atoms with Crippen molar-refractivity contribution in [2.75, 3.05) is 13.2 Å². The molecular weight excluding hydrogens is 278 g/mol. The van der Waals surface area contributed by atoms with Crippen LogP contribution in [-0.4, -0.2) is 24.2 Å². The smallest absolute Gasteiger partial charge is 0.251 e. The first-order chi connectivity index (χ1) is 10.6. The Balaban J connectivity index is 1.95. The average Bonchev–Trinajstić information content (AvgIpc) is 2.50.